The van der Waals surface area contributed by atoms with Crippen molar-refractivity contribution in [2.24, 2.45) is 0 Å². The Morgan fingerprint density at radius 2 is 1.69 bits per heavy atom. The lowest BCUT2D eigenvalue weighted by Gasteiger charge is -2.12. The summed E-state index contributed by atoms with van der Waals surface area (Å²) in [6.45, 7) is 1.93. The number of furan rings is 1. The van der Waals surface area contributed by atoms with E-state index in [2.05, 4.69) is 38.4 Å². The van der Waals surface area contributed by atoms with E-state index in [9.17, 15) is 9.59 Å². The number of fused-ring (bicyclic) bond motifs is 1. The number of pyridine rings is 1. The van der Waals surface area contributed by atoms with Gasteiger partial charge in [-0.2, -0.15) is 0 Å². The Labute approximate surface area is 180 Å². The first-order valence-electron chi connectivity index (χ1n) is 8.84. The Kier molecular flexibility index (Phi) is 5.30. The number of benzene rings is 2. The van der Waals surface area contributed by atoms with E-state index in [1.54, 1.807) is 36.6 Å². The number of hydrogen-bond acceptors (Lipinski definition) is 4. The topological polar surface area (TPSA) is 84.2 Å². The van der Waals surface area contributed by atoms with E-state index < -0.39 is 5.91 Å². The van der Waals surface area contributed by atoms with Crippen LogP contribution < -0.4 is 10.9 Å². The molecule has 2 heterocycles. The number of nitrogens with one attached hydrogen (secondary N) is 2. The summed E-state index contributed by atoms with van der Waals surface area (Å²) in [7, 11) is 0. The van der Waals surface area contributed by atoms with Gasteiger partial charge in [0.1, 0.15) is 5.69 Å². The van der Waals surface area contributed by atoms with Crippen LogP contribution in [-0.2, 0) is 0 Å². The molecule has 4 rings (SSSR count). The number of para-hydroxylation sites is 1. The second kappa shape index (κ2) is 8.04. The van der Waals surface area contributed by atoms with Crippen molar-refractivity contribution in [2.75, 3.05) is 0 Å². The molecule has 0 fully saturated rings. The standard InChI is InChI=1S/C22H16IN3O3/c1-13-6-4-8-15(20(13)23)21(27)25-26-22(28)16-12-18(19-10-5-11-29-19)24-17-9-3-2-7-14(16)17/h2-12H,1H3,(H,25,27)(H,26,28). The van der Waals surface area contributed by atoms with Crippen molar-refractivity contribution in [3.05, 3.63) is 87.2 Å². The average molecular weight is 497 g/mol. The zero-order chi connectivity index (χ0) is 20.4. The molecule has 0 spiro atoms. The van der Waals surface area contributed by atoms with Gasteiger partial charge in [-0.25, -0.2) is 4.98 Å². The Morgan fingerprint density at radius 3 is 2.45 bits per heavy atom. The van der Waals surface area contributed by atoms with Crippen LogP contribution in [0.2, 0.25) is 0 Å². The Hall–Kier alpha value is -3.20. The molecule has 6 nitrogen and oxygen atoms in total. The number of hydrogen-bond donors (Lipinski definition) is 2. The molecule has 7 heteroatoms. The zero-order valence-electron chi connectivity index (χ0n) is 15.4. The maximum atomic E-state index is 12.9. The fourth-order valence-electron chi connectivity index (χ4n) is 2.98. The molecule has 0 saturated carbocycles. The highest BCUT2D eigenvalue weighted by atomic mass is 127. The van der Waals surface area contributed by atoms with Crippen LogP contribution in [0.1, 0.15) is 26.3 Å². The Morgan fingerprint density at radius 1 is 0.931 bits per heavy atom. The van der Waals surface area contributed by atoms with E-state index in [1.165, 1.54) is 0 Å². The second-order valence-corrected chi connectivity index (χ2v) is 7.47. The molecule has 2 aromatic heterocycles. The van der Waals surface area contributed by atoms with E-state index in [0.29, 0.717) is 33.5 Å². The predicted octanol–water partition coefficient (Wildman–Crippen LogP) is 4.48. The average Bonchev–Trinajstić information content (AvgIpc) is 3.28. The van der Waals surface area contributed by atoms with Gasteiger partial charge in [-0.05, 0) is 65.4 Å². The van der Waals surface area contributed by atoms with Crippen LogP contribution in [0.15, 0.2) is 71.3 Å². The van der Waals surface area contributed by atoms with Crippen molar-refractivity contribution < 1.29 is 14.0 Å². The van der Waals surface area contributed by atoms with Crippen molar-refractivity contribution in [2.45, 2.75) is 6.92 Å². The lowest BCUT2D eigenvalue weighted by atomic mass is 10.1. The molecular weight excluding hydrogens is 481 g/mol. The number of amides is 2. The van der Waals surface area contributed by atoms with Crippen LogP contribution in [0.3, 0.4) is 0 Å². The summed E-state index contributed by atoms with van der Waals surface area (Å²) in [5.41, 5.74) is 8.09. The maximum Gasteiger partial charge on any atom is 0.270 e. The largest absolute Gasteiger partial charge is 0.463 e. The minimum absolute atomic E-state index is 0.379. The van der Waals surface area contributed by atoms with Crippen LogP contribution >= 0.6 is 22.6 Å². The Bertz CT molecular complexity index is 1220. The van der Waals surface area contributed by atoms with Gasteiger partial charge in [0, 0.05) is 8.96 Å². The number of carbonyl (C=O) groups excluding carboxylic acids is 2. The molecule has 2 amide bonds. The third-order valence-corrected chi connectivity index (χ3v) is 5.89. The minimum atomic E-state index is -0.438. The van der Waals surface area contributed by atoms with Gasteiger partial charge in [0.2, 0.25) is 0 Å². The molecule has 2 N–H and O–H groups in total. The number of aryl methyl sites for hydroxylation is 1. The molecule has 144 valence electrons. The van der Waals surface area contributed by atoms with Crippen molar-refractivity contribution >= 4 is 45.3 Å². The third-order valence-electron chi connectivity index (χ3n) is 4.46. The lowest BCUT2D eigenvalue weighted by Crippen LogP contribution is -2.42. The van der Waals surface area contributed by atoms with Crippen LogP contribution in [0.4, 0.5) is 0 Å². The van der Waals surface area contributed by atoms with Gasteiger partial charge in [0.05, 0.1) is 22.9 Å². The fourth-order valence-corrected chi connectivity index (χ4v) is 3.59. The van der Waals surface area contributed by atoms with Crippen molar-refractivity contribution in [3.63, 3.8) is 0 Å². The van der Waals surface area contributed by atoms with E-state index in [-0.39, 0.29) is 5.91 Å². The molecule has 0 aliphatic heterocycles. The van der Waals surface area contributed by atoms with Gasteiger partial charge in [0.25, 0.3) is 11.8 Å². The summed E-state index contributed by atoms with van der Waals surface area (Å²) < 4.78 is 6.26. The van der Waals surface area contributed by atoms with E-state index in [1.807, 2.05) is 37.3 Å². The van der Waals surface area contributed by atoms with Crippen molar-refractivity contribution in [3.8, 4) is 11.5 Å². The molecule has 0 aliphatic rings. The van der Waals surface area contributed by atoms with Crippen LogP contribution in [0.5, 0.6) is 0 Å². The monoisotopic (exact) mass is 497 g/mol. The highest BCUT2D eigenvalue weighted by Gasteiger charge is 2.17. The first kappa shape index (κ1) is 19.1. The molecule has 0 aliphatic carbocycles. The van der Waals surface area contributed by atoms with Crippen LogP contribution in [-0.4, -0.2) is 16.8 Å². The summed E-state index contributed by atoms with van der Waals surface area (Å²) in [6, 6.07) is 18.0. The summed E-state index contributed by atoms with van der Waals surface area (Å²) in [5.74, 6) is -0.258. The van der Waals surface area contributed by atoms with E-state index >= 15 is 0 Å². The molecule has 2 aromatic carbocycles. The highest BCUT2D eigenvalue weighted by molar-refractivity contribution is 14.1. The summed E-state index contributed by atoms with van der Waals surface area (Å²) in [4.78, 5) is 30.0. The Balaban J connectivity index is 1.63. The first-order valence-corrected chi connectivity index (χ1v) is 9.92. The molecule has 0 atom stereocenters. The normalized spacial score (nSPS) is 10.7. The van der Waals surface area contributed by atoms with Crippen LogP contribution in [0.25, 0.3) is 22.4 Å². The highest BCUT2D eigenvalue weighted by Crippen LogP contribution is 2.25. The predicted molar refractivity (Wildman–Crippen MR) is 118 cm³/mol. The molecule has 29 heavy (non-hydrogen) atoms. The maximum absolute atomic E-state index is 12.9. The number of hydrazine groups is 1. The van der Waals surface area contributed by atoms with Crippen LogP contribution in [0, 0.1) is 10.5 Å². The van der Waals surface area contributed by atoms with Gasteiger partial charge >= 0.3 is 0 Å². The lowest BCUT2D eigenvalue weighted by molar-refractivity contribution is 0.0847. The number of halogens is 1. The summed E-state index contributed by atoms with van der Waals surface area (Å²) in [5, 5.41) is 0.680. The number of carbonyl (C=O) groups is 2. The molecule has 0 radical (unpaired) electrons. The van der Waals surface area contributed by atoms with Gasteiger partial charge in [-0.3, -0.25) is 20.4 Å². The molecular formula is C22H16IN3O3. The second-order valence-electron chi connectivity index (χ2n) is 6.39. The number of nitrogens with zero attached hydrogens (tertiary/aromatic N) is 1. The van der Waals surface area contributed by atoms with Crippen molar-refractivity contribution in [1.82, 2.24) is 15.8 Å². The first-order chi connectivity index (χ1) is 14.0. The van der Waals surface area contributed by atoms with E-state index in [0.717, 1.165) is 9.13 Å². The van der Waals surface area contributed by atoms with Gasteiger partial charge < -0.3 is 4.42 Å². The van der Waals surface area contributed by atoms with Gasteiger partial charge in [-0.15, -0.1) is 0 Å². The summed E-state index contributed by atoms with van der Waals surface area (Å²) >= 11 is 2.12. The summed E-state index contributed by atoms with van der Waals surface area (Å²) in [6.07, 6.45) is 1.55. The minimum Gasteiger partial charge on any atom is -0.463 e. The third kappa shape index (κ3) is 3.86. The molecule has 4 aromatic rings. The van der Waals surface area contributed by atoms with Gasteiger partial charge in [-0.1, -0.05) is 30.3 Å². The van der Waals surface area contributed by atoms with Crippen molar-refractivity contribution in [1.29, 1.82) is 0 Å². The quantitative estimate of drug-likeness (QED) is 0.323. The smallest absolute Gasteiger partial charge is 0.270 e. The molecule has 0 unspecified atom stereocenters. The molecule has 0 bridgehead atoms. The fraction of sp³-hybridized carbons (Fsp3) is 0.0455. The van der Waals surface area contributed by atoms with E-state index in [4.69, 9.17) is 4.42 Å². The number of rotatable bonds is 3. The zero-order valence-corrected chi connectivity index (χ0v) is 17.6. The number of aromatic nitrogens is 1. The SMILES string of the molecule is Cc1cccc(C(=O)NNC(=O)c2cc(-c3ccco3)nc3ccccc23)c1I. The van der Waals surface area contributed by atoms with Gasteiger partial charge in [0.15, 0.2) is 5.76 Å². The molecule has 0 saturated heterocycles.